The summed E-state index contributed by atoms with van der Waals surface area (Å²) in [5.41, 5.74) is 2.16. The molecular weight excluding hydrogens is 300 g/mol. The highest BCUT2D eigenvalue weighted by Crippen LogP contribution is 2.12. The van der Waals surface area contributed by atoms with E-state index in [9.17, 15) is 8.42 Å². The number of hydrogen-bond donors (Lipinski definition) is 0. The Morgan fingerprint density at radius 1 is 1.09 bits per heavy atom. The molecule has 1 fully saturated rings. The second-order valence-electron chi connectivity index (χ2n) is 5.78. The fourth-order valence-corrected chi connectivity index (χ4v) is 3.81. The van der Waals surface area contributed by atoms with Gasteiger partial charge in [0.2, 0.25) is 10.0 Å². The highest BCUT2D eigenvalue weighted by atomic mass is 32.2. The van der Waals surface area contributed by atoms with Gasteiger partial charge in [0.25, 0.3) is 0 Å². The predicted molar refractivity (Wildman–Crippen MR) is 87.2 cm³/mol. The van der Waals surface area contributed by atoms with Crippen LogP contribution in [0.2, 0.25) is 0 Å². The van der Waals surface area contributed by atoms with Crippen molar-refractivity contribution in [2.24, 2.45) is 0 Å². The van der Waals surface area contributed by atoms with E-state index in [2.05, 4.69) is 20.5 Å². The van der Waals surface area contributed by atoms with Gasteiger partial charge in [-0.25, -0.2) is 17.7 Å². The van der Waals surface area contributed by atoms with E-state index in [0.29, 0.717) is 13.1 Å². The van der Waals surface area contributed by atoms with Crippen LogP contribution in [0.1, 0.15) is 6.42 Å². The molecule has 1 aromatic heterocycles. The van der Waals surface area contributed by atoms with Gasteiger partial charge in [-0.3, -0.25) is 0 Å². The molecule has 0 bridgehead atoms. The van der Waals surface area contributed by atoms with Crippen LogP contribution in [0.25, 0.3) is 11.0 Å². The molecule has 2 aromatic rings. The number of imidazole rings is 1. The first-order valence-corrected chi connectivity index (χ1v) is 9.46. The molecule has 22 heavy (non-hydrogen) atoms. The third-order valence-corrected chi connectivity index (χ3v) is 5.50. The lowest BCUT2D eigenvalue weighted by Crippen LogP contribution is -2.35. The number of rotatable bonds is 4. The Bertz CT molecular complexity index is 741. The Morgan fingerprint density at radius 3 is 2.73 bits per heavy atom. The van der Waals surface area contributed by atoms with E-state index in [1.54, 1.807) is 4.31 Å². The largest absolute Gasteiger partial charge is 0.329 e. The van der Waals surface area contributed by atoms with Crippen LogP contribution < -0.4 is 0 Å². The summed E-state index contributed by atoms with van der Waals surface area (Å²) >= 11 is 0. The van der Waals surface area contributed by atoms with Gasteiger partial charge in [0.05, 0.1) is 23.6 Å². The second kappa shape index (κ2) is 6.36. The molecule has 0 unspecified atom stereocenters. The zero-order valence-corrected chi connectivity index (χ0v) is 13.7. The van der Waals surface area contributed by atoms with Crippen LogP contribution in [0.15, 0.2) is 30.6 Å². The SMILES string of the molecule is CS(=O)(=O)N1CCCN(CCn2cnc3ccccc32)CC1. The van der Waals surface area contributed by atoms with Gasteiger partial charge in [0.1, 0.15) is 0 Å². The van der Waals surface area contributed by atoms with Crippen molar-refractivity contribution in [3.63, 3.8) is 0 Å². The molecule has 1 aliphatic heterocycles. The van der Waals surface area contributed by atoms with E-state index in [0.717, 1.165) is 43.6 Å². The molecule has 1 aliphatic rings. The first-order chi connectivity index (χ1) is 10.5. The Morgan fingerprint density at radius 2 is 1.91 bits per heavy atom. The molecule has 0 aliphatic carbocycles. The molecule has 0 N–H and O–H groups in total. The number of hydrogen-bond acceptors (Lipinski definition) is 4. The third kappa shape index (κ3) is 3.48. The maximum absolute atomic E-state index is 11.6. The standard InChI is InChI=1S/C15H22N4O2S/c1-22(20,21)19-8-4-7-17(10-12-19)9-11-18-13-16-14-5-2-3-6-15(14)18/h2-3,5-6,13H,4,7-12H2,1H3. The first kappa shape index (κ1) is 15.5. The van der Waals surface area contributed by atoms with Gasteiger partial charge in [-0.05, 0) is 25.1 Å². The van der Waals surface area contributed by atoms with Crippen LogP contribution in [0.4, 0.5) is 0 Å². The lowest BCUT2D eigenvalue weighted by atomic mass is 10.3. The van der Waals surface area contributed by atoms with Crippen molar-refractivity contribution in [1.29, 1.82) is 0 Å². The molecular formula is C15H22N4O2S. The summed E-state index contributed by atoms with van der Waals surface area (Å²) < 4.78 is 27.0. The molecule has 7 heteroatoms. The third-order valence-electron chi connectivity index (χ3n) is 4.20. The molecule has 3 rings (SSSR count). The highest BCUT2D eigenvalue weighted by molar-refractivity contribution is 7.88. The van der Waals surface area contributed by atoms with E-state index in [1.807, 2.05) is 24.5 Å². The smallest absolute Gasteiger partial charge is 0.211 e. The minimum Gasteiger partial charge on any atom is -0.329 e. The van der Waals surface area contributed by atoms with Crippen molar-refractivity contribution in [3.05, 3.63) is 30.6 Å². The Labute approximate surface area is 131 Å². The Kier molecular flexibility index (Phi) is 4.46. The average Bonchev–Trinajstić information content (AvgIpc) is 2.73. The zero-order chi connectivity index (χ0) is 15.6. The predicted octanol–water partition coefficient (Wildman–Crippen LogP) is 1.00. The van der Waals surface area contributed by atoms with Crippen LogP contribution in [-0.4, -0.2) is 66.2 Å². The van der Waals surface area contributed by atoms with E-state index in [-0.39, 0.29) is 0 Å². The van der Waals surface area contributed by atoms with E-state index in [4.69, 9.17) is 0 Å². The van der Waals surface area contributed by atoms with Crippen molar-refractivity contribution < 1.29 is 8.42 Å². The summed E-state index contributed by atoms with van der Waals surface area (Å²) in [6.45, 7) is 4.74. The van der Waals surface area contributed by atoms with Gasteiger partial charge in [-0.15, -0.1) is 0 Å². The van der Waals surface area contributed by atoms with Crippen LogP contribution >= 0.6 is 0 Å². The average molecular weight is 322 g/mol. The van der Waals surface area contributed by atoms with E-state index in [1.165, 1.54) is 6.26 Å². The number of sulfonamides is 1. The second-order valence-corrected chi connectivity index (χ2v) is 7.77. The number of aromatic nitrogens is 2. The quantitative estimate of drug-likeness (QED) is 0.843. The topological polar surface area (TPSA) is 58.4 Å². The van der Waals surface area contributed by atoms with Crippen LogP contribution in [0, 0.1) is 0 Å². The molecule has 1 saturated heterocycles. The fraction of sp³-hybridized carbons (Fsp3) is 0.533. The molecule has 2 heterocycles. The van der Waals surface area contributed by atoms with E-state index >= 15 is 0 Å². The highest BCUT2D eigenvalue weighted by Gasteiger charge is 2.21. The first-order valence-electron chi connectivity index (χ1n) is 7.61. The van der Waals surface area contributed by atoms with Gasteiger partial charge in [-0.2, -0.15) is 0 Å². The lowest BCUT2D eigenvalue weighted by Gasteiger charge is -2.20. The number of fused-ring (bicyclic) bond motifs is 1. The molecule has 6 nitrogen and oxygen atoms in total. The van der Waals surface area contributed by atoms with Crippen molar-refractivity contribution >= 4 is 21.1 Å². The van der Waals surface area contributed by atoms with Gasteiger partial charge < -0.3 is 9.47 Å². The minimum absolute atomic E-state index is 0.587. The van der Waals surface area contributed by atoms with Crippen molar-refractivity contribution in [2.45, 2.75) is 13.0 Å². The van der Waals surface area contributed by atoms with Crippen molar-refractivity contribution in [1.82, 2.24) is 18.8 Å². The zero-order valence-electron chi connectivity index (χ0n) is 12.9. The van der Waals surface area contributed by atoms with Crippen LogP contribution in [-0.2, 0) is 16.6 Å². The molecule has 0 saturated carbocycles. The molecule has 0 radical (unpaired) electrons. The van der Waals surface area contributed by atoms with Crippen molar-refractivity contribution in [2.75, 3.05) is 39.0 Å². The molecule has 0 spiro atoms. The summed E-state index contributed by atoms with van der Waals surface area (Å²) in [4.78, 5) is 6.74. The molecule has 0 atom stereocenters. The minimum atomic E-state index is -3.07. The van der Waals surface area contributed by atoms with Crippen molar-refractivity contribution in [3.8, 4) is 0 Å². The summed E-state index contributed by atoms with van der Waals surface area (Å²) in [6, 6.07) is 8.11. The number of nitrogens with zero attached hydrogens (tertiary/aromatic N) is 4. The summed E-state index contributed by atoms with van der Waals surface area (Å²) in [5.74, 6) is 0. The monoisotopic (exact) mass is 322 g/mol. The molecule has 120 valence electrons. The van der Waals surface area contributed by atoms with Gasteiger partial charge >= 0.3 is 0 Å². The number of para-hydroxylation sites is 2. The normalized spacial score (nSPS) is 18.6. The van der Waals surface area contributed by atoms with Gasteiger partial charge in [0, 0.05) is 32.7 Å². The Balaban J connectivity index is 1.60. The Hall–Kier alpha value is -1.44. The fourth-order valence-electron chi connectivity index (χ4n) is 2.94. The molecule has 1 aromatic carbocycles. The number of benzene rings is 1. The summed E-state index contributed by atoms with van der Waals surface area (Å²) in [7, 11) is -3.07. The summed E-state index contributed by atoms with van der Waals surface area (Å²) in [5, 5.41) is 0. The van der Waals surface area contributed by atoms with Crippen LogP contribution in [0.5, 0.6) is 0 Å². The maximum atomic E-state index is 11.6. The van der Waals surface area contributed by atoms with Gasteiger partial charge in [-0.1, -0.05) is 12.1 Å². The van der Waals surface area contributed by atoms with E-state index < -0.39 is 10.0 Å². The lowest BCUT2D eigenvalue weighted by molar-refractivity contribution is 0.276. The van der Waals surface area contributed by atoms with Gasteiger partial charge in [0.15, 0.2) is 0 Å². The van der Waals surface area contributed by atoms with Crippen LogP contribution in [0.3, 0.4) is 0 Å². The summed E-state index contributed by atoms with van der Waals surface area (Å²) in [6.07, 6.45) is 4.06. The maximum Gasteiger partial charge on any atom is 0.211 e. The molecule has 0 amide bonds.